The zero-order valence-corrected chi connectivity index (χ0v) is 17.1. The van der Waals surface area contributed by atoms with Gasteiger partial charge < -0.3 is 15.1 Å². The fourth-order valence-corrected chi connectivity index (χ4v) is 4.27. The zero-order chi connectivity index (χ0) is 21.0. The molecule has 0 bridgehead atoms. The van der Waals surface area contributed by atoms with Gasteiger partial charge in [-0.1, -0.05) is 5.57 Å². The Morgan fingerprint density at radius 2 is 1.79 bits per heavy atom. The Balaban J connectivity index is 1.54. The molecule has 29 heavy (non-hydrogen) atoms. The second-order valence-corrected chi connectivity index (χ2v) is 8.31. The number of piperidine rings is 1. The summed E-state index contributed by atoms with van der Waals surface area (Å²) in [5.74, 6) is -0.254. The Hall–Kier alpha value is -2.78. The third-order valence-electron chi connectivity index (χ3n) is 5.84. The molecule has 10 nitrogen and oxygen atoms in total. The molecule has 0 unspecified atom stereocenters. The zero-order valence-electron chi connectivity index (χ0n) is 17.1. The minimum Gasteiger partial charge on any atom is -0.344 e. The lowest BCUT2D eigenvalue weighted by atomic mass is 9.77. The van der Waals surface area contributed by atoms with Gasteiger partial charge in [-0.3, -0.25) is 14.4 Å². The molecule has 1 aromatic heterocycles. The number of nitrogens with zero attached hydrogens (tertiary/aromatic N) is 6. The van der Waals surface area contributed by atoms with Gasteiger partial charge in [0.15, 0.2) is 0 Å². The average molecular weight is 403 g/mol. The van der Waals surface area contributed by atoms with Crippen LogP contribution in [0.1, 0.15) is 39.5 Å². The predicted octanol–water partition coefficient (Wildman–Crippen LogP) is -0.0149. The lowest BCUT2D eigenvalue weighted by Gasteiger charge is -2.39. The van der Waals surface area contributed by atoms with Crippen molar-refractivity contribution >= 4 is 17.7 Å². The van der Waals surface area contributed by atoms with Gasteiger partial charge in [0, 0.05) is 33.1 Å². The minimum absolute atomic E-state index is 0.00487. The molecule has 2 aliphatic heterocycles. The van der Waals surface area contributed by atoms with E-state index in [-0.39, 0.29) is 29.7 Å². The summed E-state index contributed by atoms with van der Waals surface area (Å²) in [6.07, 6.45) is 4.53. The minimum atomic E-state index is -0.557. The molecule has 0 radical (unpaired) electrons. The van der Waals surface area contributed by atoms with Gasteiger partial charge in [-0.15, -0.1) is 11.7 Å². The van der Waals surface area contributed by atoms with E-state index < -0.39 is 6.04 Å². The van der Waals surface area contributed by atoms with E-state index in [1.165, 1.54) is 17.9 Å². The topological polar surface area (TPSA) is 113 Å². The fourth-order valence-electron chi connectivity index (χ4n) is 4.27. The quantitative estimate of drug-likeness (QED) is 0.668. The summed E-state index contributed by atoms with van der Waals surface area (Å²) in [6, 6.07) is -0.557. The Morgan fingerprint density at radius 3 is 2.34 bits per heavy atom. The van der Waals surface area contributed by atoms with Crippen molar-refractivity contribution < 1.29 is 14.4 Å². The van der Waals surface area contributed by atoms with Crippen molar-refractivity contribution in [3.8, 4) is 0 Å². The van der Waals surface area contributed by atoms with Crippen molar-refractivity contribution in [1.29, 1.82) is 0 Å². The van der Waals surface area contributed by atoms with Gasteiger partial charge in [-0.25, -0.2) is 4.68 Å². The number of tetrazole rings is 1. The van der Waals surface area contributed by atoms with Crippen molar-refractivity contribution in [2.75, 3.05) is 26.2 Å². The first kappa shape index (κ1) is 20.9. The van der Waals surface area contributed by atoms with E-state index in [9.17, 15) is 14.4 Å². The summed E-state index contributed by atoms with van der Waals surface area (Å²) < 4.78 is 1.42. The lowest BCUT2D eigenvalue weighted by molar-refractivity contribution is -0.137. The van der Waals surface area contributed by atoms with E-state index in [0.717, 1.165) is 24.8 Å². The number of aromatic nitrogens is 4. The Labute approximate surface area is 170 Å². The smallest absolute Gasteiger partial charge is 0.245 e. The standard InChI is InChI=1S/C19H29N7O3/c1-14(2)10-16(21-15(3)27)18(29)25-9-6-19(12-25)4-7-24(8-5-19)17(28)11-26-13-20-22-23-26/h13,16H,1,4-12H2,2-3H3,(H,21,27)/t16-/m0/s1. The first-order valence-electron chi connectivity index (χ1n) is 9.97. The van der Waals surface area contributed by atoms with Gasteiger partial charge in [0.2, 0.25) is 17.7 Å². The molecule has 3 amide bonds. The molecule has 158 valence electrons. The molecule has 10 heteroatoms. The summed E-state index contributed by atoms with van der Waals surface area (Å²) in [6.45, 7) is 9.99. The van der Waals surface area contributed by atoms with E-state index in [0.29, 0.717) is 32.6 Å². The molecule has 0 aliphatic carbocycles. The van der Waals surface area contributed by atoms with Crippen LogP contribution < -0.4 is 5.32 Å². The van der Waals surface area contributed by atoms with Gasteiger partial charge in [-0.2, -0.15) is 0 Å². The first-order chi connectivity index (χ1) is 13.8. The van der Waals surface area contributed by atoms with Crippen LogP contribution >= 0.6 is 0 Å². The highest BCUT2D eigenvalue weighted by atomic mass is 16.2. The van der Waals surface area contributed by atoms with E-state index in [1.807, 2.05) is 16.7 Å². The summed E-state index contributed by atoms with van der Waals surface area (Å²) in [7, 11) is 0. The van der Waals surface area contributed by atoms with Crippen LogP contribution in [-0.4, -0.2) is 79.9 Å². The third-order valence-corrected chi connectivity index (χ3v) is 5.84. The predicted molar refractivity (Wildman–Crippen MR) is 104 cm³/mol. The number of rotatable bonds is 6. The van der Waals surface area contributed by atoms with Crippen LogP contribution in [0.3, 0.4) is 0 Å². The molecule has 2 fully saturated rings. The van der Waals surface area contributed by atoms with Gasteiger partial charge in [0.25, 0.3) is 0 Å². The van der Waals surface area contributed by atoms with Crippen LogP contribution in [0.25, 0.3) is 0 Å². The largest absolute Gasteiger partial charge is 0.344 e. The molecule has 1 N–H and O–H groups in total. The maximum atomic E-state index is 13.0. The number of hydrogen-bond acceptors (Lipinski definition) is 6. The Kier molecular flexibility index (Phi) is 6.29. The van der Waals surface area contributed by atoms with E-state index in [1.54, 1.807) is 0 Å². The molecule has 2 aliphatic rings. The van der Waals surface area contributed by atoms with Crippen LogP contribution in [0.2, 0.25) is 0 Å². The lowest BCUT2D eigenvalue weighted by Crippen LogP contribution is -2.49. The Morgan fingerprint density at radius 1 is 1.14 bits per heavy atom. The highest BCUT2D eigenvalue weighted by molar-refractivity contribution is 5.87. The monoisotopic (exact) mass is 403 g/mol. The fraction of sp³-hybridized carbons (Fsp3) is 0.684. The van der Waals surface area contributed by atoms with Crippen LogP contribution in [0.15, 0.2) is 18.5 Å². The maximum Gasteiger partial charge on any atom is 0.245 e. The first-order valence-corrected chi connectivity index (χ1v) is 9.97. The third kappa shape index (κ3) is 5.18. The second-order valence-electron chi connectivity index (χ2n) is 8.31. The number of carbonyl (C=O) groups excluding carboxylic acids is 3. The second kappa shape index (κ2) is 8.71. The highest BCUT2D eigenvalue weighted by Crippen LogP contribution is 2.40. The molecule has 0 saturated carbocycles. The molecular formula is C19H29N7O3. The van der Waals surface area contributed by atoms with Crippen molar-refractivity contribution in [2.24, 2.45) is 5.41 Å². The van der Waals surface area contributed by atoms with Gasteiger partial charge in [0.1, 0.15) is 18.9 Å². The molecule has 3 rings (SSSR count). The normalized spacial score (nSPS) is 19.2. The van der Waals surface area contributed by atoms with Gasteiger partial charge in [-0.05, 0) is 48.4 Å². The summed E-state index contributed by atoms with van der Waals surface area (Å²) in [5, 5.41) is 13.6. The molecule has 2 saturated heterocycles. The van der Waals surface area contributed by atoms with Crippen molar-refractivity contribution in [3.05, 3.63) is 18.5 Å². The van der Waals surface area contributed by atoms with Crippen LogP contribution in [-0.2, 0) is 20.9 Å². The summed E-state index contributed by atoms with van der Waals surface area (Å²) in [4.78, 5) is 40.6. The van der Waals surface area contributed by atoms with Crippen molar-refractivity contribution in [2.45, 2.75) is 52.1 Å². The SMILES string of the molecule is C=C(C)C[C@H](NC(C)=O)C(=O)N1CCC2(CCN(C(=O)Cn3cnnn3)CC2)C1. The Bertz CT molecular complexity index is 753. The molecule has 1 atom stereocenters. The molecule has 1 spiro atoms. The van der Waals surface area contributed by atoms with Gasteiger partial charge in [0.05, 0.1) is 0 Å². The van der Waals surface area contributed by atoms with E-state index >= 15 is 0 Å². The molecular weight excluding hydrogens is 374 g/mol. The summed E-state index contributed by atoms with van der Waals surface area (Å²) >= 11 is 0. The highest BCUT2D eigenvalue weighted by Gasteiger charge is 2.43. The van der Waals surface area contributed by atoms with Gasteiger partial charge >= 0.3 is 0 Å². The number of hydrogen-bond donors (Lipinski definition) is 1. The number of likely N-dealkylation sites (tertiary alicyclic amines) is 2. The van der Waals surface area contributed by atoms with E-state index in [2.05, 4.69) is 27.4 Å². The van der Waals surface area contributed by atoms with Crippen molar-refractivity contribution in [1.82, 2.24) is 35.3 Å². The maximum absolute atomic E-state index is 13.0. The van der Waals surface area contributed by atoms with Crippen molar-refractivity contribution in [3.63, 3.8) is 0 Å². The number of carbonyl (C=O) groups is 3. The van der Waals surface area contributed by atoms with Crippen LogP contribution in [0.4, 0.5) is 0 Å². The molecule has 1 aromatic rings. The average Bonchev–Trinajstić information content (AvgIpc) is 3.31. The summed E-state index contributed by atoms with van der Waals surface area (Å²) in [5.41, 5.74) is 0.908. The number of nitrogens with one attached hydrogen (secondary N) is 1. The van der Waals surface area contributed by atoms with Crippen LogP contribution in [0, 0.1) is 5.41 Å². The van der Waals surface area contributed by atoms with E-state index in [4.69, 9.17) is 0 Å². The molecule has 0 aromatic carbocycles. The van der Waals surface area contributed by atoms with Crippen LogP contribution in [0.5, 0.6) is 0 Å². The number of amides is 3. The molecule has 3 heterocycles.